The van der Waals surface area contributed by atoms with Gasteiger partial charge in [-0.25, -0.2) is 0 Å². The van der Waals surface area contributed by atoms with E-state index in [0.717, 1.165) is 12.8 Å². The van der Waals surface area contributed by atoms with Crippen molar-refractivity contribution in [2.45, 2.75) is 40.5 Å². The third kappa shape index (κ3) is 12.1. The predicted octanol–water partition coefficient (Wildman–Crippen LogP) is 2.75. The van der Waals surface area contributed by atoms with Gasteiger partial charge in [-0.15, -0.1) is 0 Å². The van der Waals surface area contributed by atoms with Crippen LogP contribution in [0.15, 0.2) is 16.8 Å². The van der Waals surface area contributed by atoms with Crippen LogP contribution < -0.4 is 5.73 Å². The van der Waals surface area contributed by atoms with Crippen LogP contribution in [-0.2, 0) is 0 Å². The molecule has 2 heteroatoms. The Morgan fingerprint density at radius 3 is 2.42 bits per heavy atom. The minimum absolute atomic E-state index is 0.712. The topological polar surface area (TPSA) is 38.4 Å². The number of nitrogens with two attached hydrogens (primary N) is 1. The summed E-state index contributed by atoms with van der Waals surface area (Å²) in [5.41, 5.74) is 6.58. The van der Waals surface area contributed by atoms with Crippen molar-refractivity contribution in [2.75, 3.05) is 6.54 Å². The molecule has 0 rings (SSSR count). The second-order valence-corrected chi connectivity index (χ2v) is 2.25. The van der Waals surface area contributed by atoms with E-state index < -0.39 is 0 Å². The van der Waals surface area contributed by atoms with Gasteiger partial charge in [-0.1, -0.05) is 26.3 Å². The Morgan fingerprint density at radius 2 is 2.00 bits per heavy atom. The van der Waals surface area contributed by atoms with Crippen LogP contribution in [0, 0.1) is 0 Å². The Morgan fingerprint density at radius 1 is 1.42 bits per heavy atom. The van der Waals surface area contributed by atoms with Crippen molar-refractivity contribution >= 4 is 6.21 Å². The van der Waals surface area contributed by atoms with Crippen molar-refractivity contribution in [2.24, 2.45) is 10.7 Å². The molecule has 0 aliphatic heterocycles. The van der Waals surface area contributed by atoms with Gasteiger partial charge in [0.05, 0.1) is 0 Å². The van der Waals surface area contributed by atoms with Crippen LogP contribution in [0.2, 0.25) is 0 Å². The van der Waals surface area contributed by atoms with E-state index in [1.54, 1.807) is 0 Å². The predicted molar refractivity (Wildman–Crippen MR) is 57.6 cm³/mol. The molecule has 0 fully saturated rings. The molecule has 0 atom stereocenters. The van der Waals surface area contributed by atoms with Crippen LogP contribution in [0.3, 0.4) is 0 Å². The minimum Gasteiger partial charge on any atom is -0.330 e. The summed E-state index contributed by atoms with van der Waals surface area (Å²) in [6, 6.07) is 0. The van der Waals surface area contributed by atoms with Crippen LogP contribution >= 0.6 is 0 Å². The average molecular weight is 170 g/mol. The highest BCUT2D eigenvalue weighted by Gasteiger charge is 1.82. The first-order chi connectivity index (χ1) is 5.81. The monoisotopic (exact) mass is 170 g/mol. The maximum Gasteiger partial charge on any atom is 0.0253 e. The van der Waals surface area contributed by atoms with Gasteiger partial charge in [0.15, 0.2) is 0 Å². The van der Waals surface area contributed by atoms with Crippen LogP contribution in [0.1, 0.15) is 40.5 Å². The van der Waals surface area contributed by atoms with Gasteiger partial charge in [-0.3, -0.25) is 4.99 Å². The summed E-state index contributed by atoms with van der Waals surface area (Å²) >= 11 is 0. The maximum absolute atomic E-state index is 5.34. The molecule has 0 unspecified atom stereocenters. The van der Waals surface area contributed by atoms with E-state index in [4.69, 9.17) is 5.73 Å². The Bertz CT molecular complexity index is 126. The molecule has 0 amide bonds. The van der Waals surface area contributed by atoms with Crippen molar-refractivity contribution in [1.29, 1.82) is 0 Å². The normalized spacial score (nSPS) is 11.2. The second kappa shape index (κ2) is 13.0. The third-order valence-corrected chi connectivity index (χ3v) is 1.12. The lowest BCUT2D eigenvalue weighted by Gasteiger charge is -1.92. The van der Waals surface area contributed by atoms with E-state index in [2.05, 4.69) is 11.9 Å². The molecule has 0 spiro atoms. The number of aliphatic imine (C=N–C) groups is 1. The molecule has 72 valence electrons. The fourth-order valence-electron chi connectivity index (χ4n) is 0.578. The van der Waals surface area contributed by atoms with Crippen LogP contribution in [0.5, 0.6) is 0 Å². The zero-order valence-electron chi connectivity index (χ0n) is 8.80. The summed E-state index contributed by atoms with van der Waals surface area (Å²) in [4.78, 5) is 4.07. The molecule has 2 N–H and O–H groups in total. The van der Waals surface area contributed by atoms with Gasteiger partial charge in [0, 0.05) is 12.4 Å². The van der Waals surface area contributed by atoms with E-state index >= 15 is 0 Å². The summed E-state index contributed by atoms with van der Waals surface area (Å²) in [6.07, 6.45) is 5.70. The summed E-state index contributed by atoms with van der Waals surface area (Å²) in [5.74, 6) is 0. The Labute approximate surface area is 76.6 Å². The van der Waals surface area contributed by atoms with Gasteiger partial charge < -0.3 is 5.73 Å². The Kier molecular flexibility index (Phi) is 15.1. The number of hydrogen-bond acceptors (Lipinski definition) is 2. The lowest BCUT2D eigenvalue weighted by atomic mass is 10.2. The Balaban J connectivity index is 0. The molecule has 0 aliphatic rings. The van der Waals surface area contributed by atoms with Crippen molar-refractivity contribution in [3.63, 3.8) is 0 Å². The fourth-order valence-corrected chi connectivity index (χ4v) is 0.578. The standard InChI is InChI=1S/C8H16N2.C2H6/c1-3-6-10-7-8(2)4-5-9;1-2/h6-7H,3-5,9H2,1-2H3;1-2H3/b8-7+,10-6?;. The average Bonchev–Trinajstić information content (AvgIpc) is 2.09. The molecule has 12 heavy (non-hydrogen) atoms. The molecule has 0 aromatic carbocycles. The molecule has 0 saturated carbocycles. The largest absolute Gasteiger partial charge is 0.330 e. The fraction of sp³-hybridized carbons (Fsp3) is 0.700. The zero-order valence-corrected chi connectivity index (χ0v) is 8.80. The van der Waals surface area contributed by atoms with E-state index in [1.807, 2.05) is 33.2 Å². The van der Waals surface area contributed by atoms with Crippen LogP contribution in [0.25, 0.3) is 0 Å². The quantitative estimate of drug-likeness (QED) is 0.647. The highest BCUT2D eigenvalue weighted by atomic mass is 14.7. The van der Waals surface area contributed by atoms with E-state index in [1.165, 1.54) is 5.57 Å². The van der Waals surface area contributed by atoms with Gasteiger partial charge in [-0.05, 0) is 26.3 Å². The lowest BCUT2D eigenvalue weighted by Crippen LogP contribution is -1.98. The lowest BCUT2D eigenvalue weighted by molar-refractivity contribution is 0.945. The van der Waals surface area contributed by atoms with Gasteiger partial charge in [-0.2, -0.15) is 0 Å². The second-order valence-electron chi connectivity index (χ2n) is 2.25. The SMILES string of the molecule is CC.CCC=N/C=C(\C)CCN. The highest BCUT2D eigenvalue weighted by molar-refractivity contribution is 5.57. The molecule has 0 radical (unpaired) electrons. The third-order valence-electron chi connectivity index (χ3n) is 1.12. The summed E-state index contributed by atoms with van der Waals surface area (Å²) in [7, 11) is 0. The van der Waals surface area contributed by atoms with Crippen LogP contribution in [-0.4, -0.2) is 12.8 Å². The van der Waals surface area contributed by atoms with Gasteiger partial charge >= 0.3 is 0 Å². The minimum atomic E-state index is 0.712. The molecule has 0 aliphatic carbocycles. The molecular weight excluding hydrogens is 148 g/mol. The molecular formula is C10H22N2. The zero-order chi connectivity index (χ0) is 9.82. The van der Waals surface area contributed by atoms with E-state index in [9.17, 15) is 0 Å². The first kappa shape index (κ1) is 13.9. The number of rotatable bonds is 4. The molecule has 0 aromatic rings. The van der Waals surface area contributed by atoms with Crippen molar-refractivity contribution < 1.29 is 0 Å². The molecule has 2 nitrogen and oxygen atoms in total. The maximum atomic E-state index is 5.34. The van der Waals surface area contributed by atoms with Crippen molar-refractivity contribution in [3.8, 4) is 0 Å². The molecule has 0 bridgehead atoms. The number of hydrogen-bond donors (Lipinski definition) is 1. The van der Waals surface area contributed by atoms with Crippen molar-refractivity contribution in [1.82, 2.24) is 0 Å². The molecule has 0 saturated heterocycles. The van der Waals surface area contributed by atoms with Crippen LogP contribution in [0.4, 0.5) is 0 Å². The highest BCUT2D eigenvalue weighted by Crippen LogP contribution is 1.96. The van der Waals surface area contributed by atoms with E-state index in [-0.39, 0.29) is 0 Å². The van der Waals surface area contributed by atoms with E-state index in [0.29, 0.717) is 6.54 Å². The molecule has 0 aromatic heterocycles. The van der Waals surface area contributed by atoms with Gasteiger partial charge in [0.1, 0.15) is 0 Å². The molecule has 0 heterocycles. The summed E-state index contributed by atoms with van der Waals surface area (Å²) < 4.78 is 0. The Hall–Kier alpha value is -0.630. The van der Waals surface area contributed by atoms with Crippen molar-refractivity contribution in [3.05, 3.63) is 11.8 Å². The summed E-state index contributed by atoms with van der Waals surface area (Å²) in [6.45, 7) is 8.82. The first-order valence-corrected chi connectivity index (χ1v) is 4.68. The summed E-state index contributed by atoms with van der Waals surface area (Å²) in [5, 5.41) is 0. The van der Waals surface area contributed by atoms with Gasteiger partial charge in [0.25, 0.3) is 0 Å². The number of nitrogens with zero attached hydrogens (tertiary/aromatic N) is 1. The van der Waals surface area contributed by atoms with Gasteiger partial charge in [0.2, 0.25) is 0 Å². The smallest absolute Gasteiger partial charge is 0.0253 e. The first-order valence-electron chi connectivity index (χ1n) is 4.68.